The Hall–Kier alpha value is -2.08. The number of carbonyl (C=O) groups excluding carboxylic acids is 1. The van der Waals surface area contributed by atoms with Gasteiger partial charge >= 0.3 is 5.97 Å². The predicted octanol–water partition coefficient (Wildman–Crippen LogP) is 1.61. The third kappa shape index (κ3) is 5.73. The van der Waals surface area contributed by atoms with Crippen LogP contribution in [0.4, 0.5) is 0 Å². The molecule has 0 spiro atoms. The van der Waals surface area contributed by atoms with Crippen molar-refractivity contribution in [1.82, 2.24) is 10.2 Å². The highest BCUT2D eigenvalue weighted by Crippen LogP contribution is 2.18. The number of hydrogen-bond acceptors (Lipinski definition) is 4. The number of aliphatic carboxylic acids is 1. The summed E-state index contributed by atoms with van der Waals surface area (Å²) in [5.74, 6) is -0.995. The highest BCUT2D eigenvalue weighted by Gasteiger charge is 2.21. The molecule has 0 aromatic heterocycles. The van der Waals surface area contributed by atoms with Crippen LogP contribution >= 0.6 is 0 Å². The minimum Gasteiger partial charge on any atom is -0.491 e. The molecule has 0 saturated heterocycles. The molecule has 1 aromatic carbocycles. The van der Waals surface area contributed by atoms with Crippen molar-refractivity contribution in [3.63, 3.8) is 0 Å². The van der Waals surface area contributed by atoms with Crippen LogP contribution in [-0.2, 0) is 4.79 Å². The van der Waals surface area contributed by atoms with Gasteiger partial charge < -0.3 is 20.1 Å². The minimum atomic E-state index is -1.03. The van der Waals surface area contributed by atoms with Gasteiger partial charge in [-0.2, -0.15) is 0 Å². The van der Waals surface area contributed by atoms with E-state index in [2.05, 4.69) is 5.32 Å². The number of carboxylic acid groups (broad SMARTS) is 1. The first-order valence-corrected chi connectivity index (χ1v) is 7.36. The lowest BCUT2D eigenvalue weighted by molar-refractivity contribution is -0.139. The second-order valence-electron chi connectivity index (χ2n) is 5.30. The van der Waals surface area contributed by atoms with Gasteiger partial charge in [0.15, 0.2) is 0 Å². The molecule has 0 aliphatic rings. The summed E-state index contributed by atoms with van der Waals surface area (Å²) in [6.45, 7) is 3.05. The van der Waals surface area contributed by atoms with E-state index in [1.807, 2.05) is 25.9 Å². The highest BCUT2D eigenvalue weighted by molar-refractivity contribution is 5.98. The zero-order valence-electron chi connectivity index (χ0n) is 13.3. The van der Waals surface area contributed by atoms with Gasteiger partial charge in [0, 0.05) is 6.54 Å². The van der Waals surface area contributed by atoms with E-state index < -0.39 is 17.9 Å². The summed E-state index contributed by atoms with van der Waals surface area (Å²) in [6, 6.07) is 5.96. The molecule has 122 valence electrons. The van der Waals surface area contributed by atoms with E-state index in [9.17, 15) is 9.59 Å². The molecule has 0 saturated carbocycles. The molecular weight excluding hydrogens is 284 g/mol. The van der Waals surface area contributed by atoms with Crippen molar-refractivity contribution in [3.8, 4) is 5.75 Å². The Labute approximate surface area is 131 Å². The van der Waals surface area contributed by atoms with E-state index in [0.29, 0.717) is 30.8 Å². The lowest BCUT2D eigenvalue weighted by atomic mass is 10.1. The average molecular weight is 308 g/mol. The first-order chi connectivity index (χ1) is 10.5. The zero-order valence-corrected chi connectivity index (χ0v) is 13.3. The van der Waals surface area contributed by atoms with Crippen LogP contribution in [-0.4, -0.2) is 55.2 Å². The molecule has 1 amide bonds. The van der Waals surface area contributed by atoms with Crippen LogP contribution in [0.15, 0.2) is 24.3 Å². The van der Waals surface area contributed by atoms with Crippen molar-refractivity contribution in [2.45, 2.75) is 25.8 Å². The molecule has 22 heavy (non-hydrogen) atoms. The third-order valence-corrected chi connectivity index (χ3v) is 3.11. The van der Waals surface area contributed by atoms with E-state index in [1.165, 1.54) is 0 Å². The van der Waals surface area contributed by atoms with Gasteiger partial charge in [-0.25, -0.2) is 4.79 Å². The van der Waals surface area contributed by atoms with E-state index >= 15 is 0 Å². The molecule has 1 aromatic rings. The number of ether oxygens (including phenoxy) is 1. The first kappa shape index (κ1) is 18.0. The highest BCUT2D eigenvalue weighted by atomic mass is 16.5. The number of likely N-dealkylation sites (N-methyl/N-ethyl adjacent to an activating group) is 1. The summed E-state index contributed by atoms with van der Waals surface area (Å²) in [4.78, 5) is 25.4. The Kier molecular flexibility index (Phi) is 7.39. The third-order valence-electron chi connectivity index (χ3n) is 3.11. The SMILES string of the molecule is CCCC(NC(=O)c1ccccc1OCCN(C)C)C(=O)O. The fourth-order valence-corrected chi connectivity index (χ4v) is 1.90. The van der Waals surface area contributed by atoms with Gasteiger partial charge in [-0.3, -0.25) is 4.79 Å². The second-order valence-corrected chi connectivity index (χ2v) is 5.30. The van der Waals surface area contributed by atoms with Crippen LogP contribution in [0.2, 0.25) is 0 Å². The van der Waals surface area contributed by atoms with Crippen molar-refractivity contribution in [3.05, 3.63) is 29.8 Å². The number of nitrogens with zero attached hydrogens (tertiary/aromatic N) is 1. The molecule has 0 fully saturated rings. The smallest absolute Gasteiger partial charge is 0.326 e. The quantitative estimate of drug-likeness (QED) is 0.724. The molecule has 6 heteroatoms. The maximum Gasteiger partial charge on any atom is 0.326 e. The summed E-state index contributed by atoms with van der Waals surface area (Å²) < 4.78 is 5.62. The maximum atomic E-state index is 12.3. The number of carboxylic acids is 1. The standard InChI is InChI=1S/C16H24N2O4/c1-4-7-13(16(20)21)17-15(19)12-8-5-6-9-14(12)22-11-10-18(2)3/h5-6,8-9,13H,4,7,10-11H2,1-3H3,(H,17,19)(H,20,21). The van der Waals surface area contributed by atoms with Crippen molar-refractivity contribution in [1.29, 1.82) is 0 Å². The molecular formula is C16H24N2O4. The molecule has 1 atom stereocenters. The predicted molar refractivity (Wildman–Crippen MR) is 84.3 cm³/mol. The number of para-hydroxylation sites is 1. The molecule has 0 radical (unpaired) electrons. The van der Waals surface area contributed by atoms with Crippen LogP contribution in [0.5, 0.6) is 5.75 Å². The van der Waals surface area contributed by atoms with Crippen molar-refractivity contribution in [2.24, 2.45) is 0 Å². The molecule has 6 nitrogen and oxygen atoms in total. The van der Waals surface area contributed by atoms with E-state index in [4.69, 9.17) is 9.84 Å². The first-order valence-electron chi connectivity index (χ1n) is 7.36. The number of rotatable bonds is 9. The van der Waals surface area contributed by atoms with Crippen molar-refractivity contribution >= 4 is 11.9 Å². The Morgan fingerprint density at radius 1 is 1.32 bits per heavy atom. The summed E-state index contributed by atoms with van der Waals surface area (Å²) in [6.07, 6.45) is 1.07. The summed E-state index contributed by atoms with van der Waals surface area (Å²) in [5, 5.41) is 11.7. The lowest BCUT2D eigenvalue weighted by Gasteiger charge is -2.16. The number of benzene rings is 1. The largest absolute Gasteiger partial charge is 0.491 e. The Morgan fingerprint density at radius 2 is 2.00 bits per heavy atom. The Bertz CT molecular complexity index is 503. The van der Waals surface area contributed by atoms with E-state index in [0.717, 1.165) is 6.54 Å². The number of carbonyl (C=O) groups is 2. The fraction of sp³-hybridized carbons (Fsp3) is 0.500. The van der Waals surface area contributed by atoms with Crippen molar-refractivity contribution in [2.75, 3.05) is 27.2 Å². The maximum absolute atomic E-state index is 12.3. The molecule has 1 rings (SSSR count). The van der Waals surface area contributed by atoms with Gasteiger partial charge in [0.2, 0.25) is 0 Å². The molecule has 0 aliphatic carbocycles. The van der Waals surface area contributed by atoms with Crippen LogP contribution in [0.3, 0.4) is 0 Å². The fourth-order valence-electron chi connectivity index (χ4n) is 1.90. The van der Waals surface area contributed by atoms with E-state index in [-0.39, 0.29) is 0 Å². The number of amides is 1. The summed E-state index contributed by atoms with van der Waals surface area (Å²) in [7, 11) is 3.87. The Balaban J connectivity index is 2.77. The van der Waals surface area contributed by atoms with Crippen LogP contribution in [0.1, 0.15) is 30.1 Å². The molecule has 1 unspecified atom stereocenters. The summed E-state index contributed by atoms with van der Waals surface area (Å²) >= 11 is 0. The minimum absolute atomic E-state index is 0.351. The zero-order chi connectivity index (χ0) is 16.5. The summed E-state index contributed by atoms with van der Waals surface area (Å²) in [5.41, 5.74) is 0.351. The van der Waals surface area contributed by atoms with Gasteiger partial charge in [-0.1, -0.05) is 25.5 Å². The van der Waals surface area contributed by atoms with Crippen LogP contribution in [0, 0.1) is 0 Å². The van der Waals surface area contributed by atoms with Gasteiger partial charge in [0.1, 0.15) is 18.4 Å². The van der Waals surface area contributed by atoms with Gasteiger partial charge in [0.25, 0.3) is 5.91 Å². The second kappa shape index (κ2) is 9.04. The molecule has 2 N–H and O–H groups in total. The van der Waals surface area contributed by atoms with Crippen molar-refractivity contribution < 1.29 is 19.4 Å². The monoisotopic (exact) mass is 308 g/mol. The van der Waals surface area contributed by atoms with Gasteiger partial charge in [0.05, 0.1) is 5.56 Å². The molecule has 0 heterocycles. The van der Waals surface area contributed by atoms with Crippen LogP contribution in [0.25, 0.3) is 0 Å². The number of nitrogens with one attached hydrogen (secondary N) is 1. The normalized spacial score (nSPS) is 12.0. The molecule has 0 aliphatic heterocycles. The topological polar surface area (TPSA) is 78.9 Å². The van der Waals surface area contributed by atoms with Gasteiger partial charge in [-0.05, 0) is 32.6 Å². The Morgan fingerprint density at radius 3 is 2.59 bits per heavy atom. The molecule has 0 bridgehead atoms. The number of hydrogen-bond donors (Lipinski definition) is 2. The van der Waals surface area contributed by atoms with E-state index in [1.54, 1.807) is 24.3 Å². The average Bonchev–Trinajstić information content (AvgIpc) is 2.46. The van der Waals surface area contributed by atoms with Crippen LogP contribution < -0.4 is 10.1 Å². The lowest BCUT2D eigenvalue weighted by Crippen LogP contribution is -2.40. The van der Waals surface area contributed by atoms with Gasteiger partial charge in [-0.15, -0.1) is 0 Å².